The van der Waals surface area contributed by atoms with E-state index in [0.717, 1.165) is 30.0 Å². The number of hydrogen-bond donors (Lipinski definition) is 2. The third-order valence-electron chi connectivity index (χ3n) is 3.53. The van der Waals surface area contributed by atoms with Crippen LogP contribution in [-0.4, -0.2) is 28.6 Å². The summed E-state index contributed by atoms with van der Waals surface area (Å²) < 4.78 is 5.15. The zero-order chi connectivity index (χ0) is 15.4. The minimum absolute atomic E-state index is 0.182. The second-order valence-corrected chi connectivity index (χ2v) is 5.34. The van der Waals surface area contributed by atoms with Crippen LogP contribution in [0, 0.1) is 6.92 Å². The number of aliphatic imine (C=N–C) groups is 1. The van der Waals surface area contributed by atoms with Crippen LogP contribution >= 0.6 is 0 Å². The Kier molecular flexibility index (Phi) is 4.18. The van der Waals surface area contributed by atoms with Gasteiger partial charge in [-0.1, -0.05) is 12.1 Å². The molecule has 1 atom stereocenters. The first-order chi connectivity index (χ1) is 10.7. The number of amidine groups is 1. The van der Waals surface area contributed by atoms with Crippen molar-refractivity contribution in [3.63, 3.8) is 0 Å². The zero-order valence-corrected chi connectivity index (χ0v) is 12.5. The standard InChI is InChI=1S/C16H19N5O/c1-11-8-15(19-10-18-11)20-13-5-2-12(3-6-13)4-7-14-9-22-16(17)21-14/h2-3,5-6,8,10,14H,4,7,9H2,1H3,(H2,17,21)(H,18,19,20). The average Bonchev–Trinajstić information content (AvgIpc) is 2.92. The van der Waals surface area contributed by atoms with Gasteiger partial charge in [0.05, 0.1) is 6.04 Å². The monoisotopic (exact) mass is 297 g/mol. The molecule has 1 aromatic carbocycles. The lowest BCUT2D eigenvalue weighted by Gasteiger charge is -2.08. The first kappa shape index (κ1) is 14.3. The second kappa shape index (κ2) is 6.43. The van der Waals surface area contributed by atoms with Crippen molar-refractivity contribution < 1.29 is 4.74 Å². The molecule has 0 radical (unpaired) electrons. The van der Waals surface area contributed by atoms with Gasteiger partial charge in [-0.3, -0.25) is 0 Å². The normalized spacial score (nSPS) is 17.0. The predicted octanol–water partition coefficient (Wildman–Crippen LogP) is 2.17. The second-order valence-electron chi connectivity index (χ2n) is 5.34. The number of nitrogens with zero attached hydrogens (tertiary/aromatic N) is 3. The van der Waals surface area contributed by atoms with Gasteiger partial charge in [-0.15, -0.1) is 0 Å². The van der Waals surface area contributed by atoms with Gasteiger partial charge in [-0.2, -0.15) is 0 Å². The summed E-state index contributed by atoms with van der Waals surface area (Å²) in [6.45, 7) is 2.54. The Labute approximate surface area is 129 Å². The number of hydrogen-bond acceptors (Lipinski definition) is 6. The highest BCUT2D eigenvalue weighted by Gasteiger charge is 2.16. The van der Waals surface area contributed by atoms with Gasteiger partial charge in [-0.25, -0.2) is 15.0 Å². The molecule has 3 N–H and O–H groups in total. The van der Waals surface area contributed by atoms with E-state index in [2.05, 4.69) is 44.5 Å². The minimum Gasteiger partial charge on any atom is -0.463 e. The van der Waals surface area contributed by atoms with E-state index in [0.29, 0.717) is 12.6 Å². The first-order valence-electron chi connectivity index (χ1n) is 7.30. The smallest absolute Gasteiger partial charge is 0.282 e. The molecule has 22 heavy (non-hydrogen) atoms. The van der Waals surface area contributed by atoms with Crippen molar-refractivity contribution in [3.05, 3.63) is 47.9 Å². The largest absolute Gasteiger partial charge is 0.463 e. The van der Waals surface area contributed by atoms with Crippen molar-refractivity contribution in [2.75, 3.05) is 11.9 Å². The Morgan fingerprint density at radius 2 is 2.09 bits per heavy atom. The van der Waals surface area contributed by atoms with Crippen LogP contribution in [0.2, 0.25) is 0 Å². The summed E-state index contributed by atoms with van der Waals surface area (Å²) in [4.78, 5) is 12.5. The predicted molar refractivity (Wildman–Crippen MR) is 86.2 cm³/mol. The van der Waals surface area contributed by atoms with Gasteiger partial charge in [0.1, 0.15) is 18.8 Å². The molecule has 3 rings (SSSR count). The minimum atomic E-state index is 0.182. The van der Waals surface area contributed by atoms with Gasteiger partial charge in [0.15, 0.2) is 0 Å². The quantitative estimate of drug-likeness (QED) is 0.883. The summed E-state index contributed by atoms with van der Waals surface area (Å²) in [6.07, 6.45) is 3.46. The number of ether oxygens (including phenoxy) is 1. The lowest BCUT2D eigenvalue weighted by Crippen LogP contribution is -2.10. The number of nitrogens with one attached hydrogen (secondary N) is 1. The van der Waals surface area contributed by atoms with Crippen LogP contribution in [0.5, 0.6) is 0 Å². The maximum atomic E-state index is 5.51. The van der Waals surface area contributed by atoms with Crippen molar-refractivity contribution in [2.45, 2.75) is 25.8 Å². The summed E-state index contributed by atoms with van der Waals surface area (Å²) in [5, 5.41) is 3.27. The molecular weight excluding hydrogens is 278 g/mol. The van der Waals surface area contributed by atoms with Crippen molar-refractivity contribution in [3.8, 4) is 0 Å². The summed E-state index contributed by atoms with van der Waals surface area (Å²) in [6, 6.07) is 10.7. The number of nitrogens with two attached hydrogens (primary N) is 1. The average molecular weight is 297 g/mol. The van der Waals surface area contributed by atoms with Crippen LogP contribution in [0.15, 0.2) is 41.7 Å². The third kappa shape index (κ3) is 3.72. The molecule has 1 unspecified atom stereocenters. The first-order valence-corrected chi connectivity index (χ1v) is 7.30. The van der Waals surface area contributed by atoms with E-state index in [1.54, 1.807) is 6.33 Å². The van der Waals surface area contributed by atoms with Crippen LogP contribution in [-0.2, 0) is 11.2 Å². The van der Waals surface area contributed by atoms with E-state index in [9.17, 15) is 0 Å². The Hall–Kier alpha value is -2.63. The highest BCUT2D eigenvalue weighted by Crippen LogP contribution is 2.17. The molecular formula is C16H19N5O. The van der Waals surface area contributed by atoms with Crippen LogP contribution in [0.4, 0.5) is 11.5 Å². The molecule has 0 amide bonds. The molecule has 1 aliphatic rings. The van der Waals surface area contributed by atoms with Gasteiger partial charge in [0.2, 0.25) is 0 Å². The van der Waals surface area contributed by atoms with E-state index in [4.69, 9.17) is 10.5 Å². The van der Waals surface area contributed by atoms with Crippen LogP contribution in [0.25, 0.3) is 0 Å². The third-order valence-corrected chi connectivity index (χ3v) is 3.53. The summed E-state index contributed by atoms with van der Waals surface area (Å²) >= 11 is 0. The van der Waals surface area contributed by atoms with Gasteiger partial charge in [-0.05, 0) is 37.5 Å². The maximum Gasteiger partial charge on any atom is 0.282 e. The van der Waals surface area contributed by atoms with Gasteiger partial charge in [0, 0.05) is 17.4 Å². The molecule has 114 valence electrons. The molecule has 2 aromatic rings. The fraction of sp³-hybridized carbons (Fsp3) is 0.312. The molecule has 0 saturated carbocycles. The topological polar surface area (TPSA) is 85.4 Å². The van der Waals surface area contributed by atoms with Crippen LogP contribution < -0.4 is 11.1 Å². The van der Waals surface area contributed by atoms with Crippen LogP contribution in [0.3, 0.4) is 0 Å². The summed E-state index contributed by atoms with van der Waals surface area (Å²) in [7, 11) is 0. The Balaban J connectivity index is 1.56. The van der Waals surface area contributed by atoms with E-state index < -0.39 is 0 Å². The fourth-order valence-electron chi connectivity index (χ4n) is 2.34. The van der Waals surface area contributed by atoms with Gasteiger partial charge < -0.3 is 15.8 Å². The number of benzene rings is 1. The molecule has 0 spiro atoms. The molecule has 2 heterocycles. The number of aryl methyl sites for hydroxylation is 2. The maximum absolute atomic E-state index is 5.51. The Morgan fingerprint density at radius 3 is 2.77 bits per heavy atom. The fourth-order valence-corrected chi connectivity index (χ4v) is 2.34. The van der Waals surface area contributed by atoms with Crippen LogP contribution in [0.1, 0.15) is 17.7 Å². The zero-order valence-electron chi connectivity index (χ0n) is 12.5. The molecule has 0 fully saturated rings. The Bertz CT molecular complexity index is 668. The molecule has 6 heteroatoms. The summed E-state index contributed by atoms with van der Waals surface area (Å²) in [5.74, 6) is 0.799. The van der Waals surface area contributed by atoms with Gasteiger partial charge >= 0.3 is 0 Å². The lowest BCUT2D eigenvalue weighted by molar-refractivity contribution is 0.308. The SMILES string of the molecule is Cc1cc(Nc2ccc(CCC3COC(N)=N3)cc2)ncn1. The van der Waals surface area contributed by atoms with Gasteiger partial charge in [0.25, 0.3) is 6.02 Å². The molecule has 1 aromatic heterocycles. The molecule has 0 aliphatic carbocycles. The highest BCUT2D eigenvalue weighted by atomic mass is 16.5. The van der Waals surface area contributed by atoms with Crippen molar-refractivity contribution in [1.29, 1.82) is 0 Å². The number of aromatic nitrogens is 2. The van der Waals surface area contributed by atoms with Crippen molar-refractivity contribution in [1.82, 2.24) is 9.97 Å². The van der Waals surface area contributed by atoms with Crippen molar-refractivity contribution in [2.24, 2.45) is 10.7 Å². The molecule has 0 bridgehead atoms. The van der Waals surface area contributed by atoms with E-state index in [-0.39, 0.29) is 6.04 Å². The van der Waals surface area contributed by atoms with E-state index in [1.807, 2.05) is 13.0 Å². The molecule has 0 saturated heterocycles. The van der Waals surface area contributed by atoms with Crippen molar-refractivity contribution >= 4 is 17.5 Å². The number of anilines is 2. The van der Waals surface area contributed by atoms with E-state index in [1.165, 1.54) is 5.56 Å². The highest BCUT2D eigenvalue weighted by molar-refractivity contribution is 5.73. The Morgan fingerprint density at radius 1 is 1.27 bits per heavy atom. The number of rotatable bonds is 5. The lowest BCUT2D eigenvalue weighted by atomic mass is 10.1. The van der Waals surface area contributed by atoms with E-state index >= 15 is 0 Å². The molecule has 1 aliphatic heterocycles. The molecule has 6 nitrogen and oxygen atoms in total. The summed E-state index contributed by atoms with van der Waals surface area (Å²) in [5.41, 5.74) is 8.72.